The molecular formula is C26H29N5O5. The van der Waals surface area contributed by atoms with Crippen molar-refractivity contribution in [2.45, 2.75) is 26.2 Å². The standard InChI is InChI=1S/C26H29N5O5/c1-26(2,3)21-15-23(31-36-21)30-25(33)28-20-7-5-6-18(14-20)8-9-19-10-11-22(27-16-19)29-24(32)17-35-13-12-34-4/h5-7,10-11,14-16H,12-13,17H2,1-4H3,(H,27,29,32)(H2,28,30,31,33). The summed E-state index contributed by atoms with van der Waals surface area (Å²) in [4.78, 5) is 28.4. The molecule has 3 rings (SSSR count). The first kappa shape index (κ1) is 26.4. The molecule has 10 nitrogen and oxygen atoms in total. The molecule has 3 amide bonds. The van der Waals surface area contributed by atoms with Crippen molar-refractivity contribution < 1.29 is 23.6 Å². The monoisotopic (exact) mass is 491 g/mol. The first-order chi connectivity index (χ1) is 17.2. The maximum Gasteiger partial charge on any atom is 0.324 e. The fourth-order valence-corrected chi connectivity index (χ4v) is 2.81. The number of methoxy groups -OCH3 is 1. The molecule has 0 spiro atoms. The summed E-state index contributed by atoms with van der Waals surface area (Å²) >= 11 is 0. The van der Waals surface area contributed by atoms with Crippen LogP contribution in [-0.2, 0) is 19.7 Å². The topological polar surface area (TPSA) is 128 Å². The van der Waals surface area contributed by atoms with Gasteiger partial charge in [0.05, 0.1) is 13.2 Å². The Kier molecular flexibility index (Phi) is 9.16. The number of amides is 3. The third kappa shape index (κ3) is 8.54. The van der Waals surface area contributed by atoms with Crippen molar-refractivity contribution in [2.75, 3.05) is 42.9 Å². The van der Waals surface area contributed by atoms with Crippen LogP contribution in [0.3, 0.4) is 0 Å². The summed E-state index contributed by atoms with van der Waals surface area (Å²) in [6.45, 7) is 6.67. The van der Waals surface area contributed by atoms with Gasteiger partial charge in [-0.3, -0.25) is 10.1 Å². The zero-order valence-electron chi connectivity index (χ0n) is 20.7. The van der Waals surface area contributed by atoms with E-state index >= 15 is 0 Å². The normalized spacial score (nSPS) is 10.8. The molecule has 0 saturated heterocycles. The molecule has 188 valence electrons. The van der Waals surface area contributed by atoms with Crippen molar-refractivity contribution in [1.29, 1.82) is 0 Å². The van der Waals surface area contributed by atoms with Crippen LogP contribution in [0.15, 0.2) is 53.2 Å². The van der Waals surface area contributed by atoms with Crippen molar-refractivity contribution in [1.82, 2.24) is 10.1 Å². The largest absolute Gasteiger partial charge is 0.382 e. The zero-order chi connectivity index (χ0) is 26.0. The predicted octanol–water partition coefficient (Wildman–Crippen LogP) is 4.01. The molecule has 0 fully saturated rings. The molecule has 0 aliphatic carbocycles. The molecule has 0 atom stereocenters. The molecule has 2 heterocycles. The van der Waals surface area contributed by atoms with Gasteiger partial charge >= 0.3 is 6.03 Å². The second-order valence-corrected chi connectivity index (χ2v) is 8.76. The van der Waals surface area contributed by atoms with Crippen molar-refractivity contribution in [3.8, 4) is 11.8 Å². The van der Waals surface area contributed by atoms with E-state index in [4.69, 9.17) is 14.0 Å². The Morgan fingerprint density at radius 3 is 2.47 bits per heavy atom. The van der Waals surface area contributed by atoms with Crippen LogP contribution in [-0.4, -0.2) is 49.0 Å². The minimum atomic E-state index is -0.445. The average Bonchev–Trinajstić information content (AvgIpc) is 3.31. The third-order valence-electron chi connectivity index (χ3n) is 4.66. The SMILES string of the molecule is COCCOCC(=O)Nc1ccc(C#Cc2cccc(NC(=O)Nc3cc(C(C)(C)C)on3)c2)cn1. The lowest BCUT2D eigenvalue weighted by Gasteiger charge is -2.12. The number of nitrogens with one attached hydrogen (secondary N) is 3. The highest BCUT2D eigenvalue weighted by molar-refractivity contribution is 5.99. The van der Waals surface area contributed by atoms with E-state index in [2.05, 4.69) is 37.9 Å². The number of rotatable bonds is 8. The number of urea groups is 1. The summed E-state index contributed by atoms with van der Waals surface area (Å²) < 4.78 is 15.3. The number of pyridine rings is 1. The number of carbonyl (C=O) groups is 2. The second-order valence-electron chi connectivity index (χ2n) is 8.76. The number of nitrogens with zero attached hydrogens (tertiary/aromatic N) is 2. The fraction of sp³-hybridized carbons (Fsp3) is 0.308. The van der Waals surface area contributed by atoms with Gasteiger partial charge in [0, 0.05) is 41.6 Å². The van der Waals surface area contributed by atoms with Gasteiger partial charge in [0.2, 0.25) is 0 Å². The number of hydrogen-bond acceptors (Lipinski definition) is 7. The lowest BCUT2D eigenvalue weighted by Crippen LogP contribution is -2.20. The van der Waals surface area contributed by atoms with E-state index in [-0.39, 0.29) is 17.9 Å². The van der Waals surface area contributed by atoms with Crippen LogP contribution < -0.4 is 16.0 Å². The van der Waals surface area contributed by atoms with Gasteiger partial charge in [-0.25, -0.2) is 9.78 Å². The van der Waals surface area contributed by atoms with Crippen molar-refractivity contribution in [3.05, 3.63) is 65.5 Å². The van der Waals surface area contributed by atoms with Crippen LogP contribution in [0.2, 0.25) is 0 Å². The van der Waals surface area contributed by atoms with Gasteiger partial charge in [-0.15, -0.1) is 0 Å². The fourth-order valence-electron chi connectivity index (χ4n) is 2.81. The molecule has 0 aliphatic heterocycles. The molecule has 10 heteroatoms. The third-order valence-corrected chi connectivity index (χ3v) is 4.66. The first-order valence-corrected chi connectivity index (χ1v) is 11.2. The van der Waals surface area contributed by atoms with Gasteiger partial charge in [-0.05, 0) is 30.3 Å². The number of benzene rings is 1. The smallest absolute Gasteiger partial charge is 0.324 e. The molecule has 3 aromatic rings. The maximum absolute atomic E-state index is 12.3. The number of anilines is 3. The van der Waals surface area contributed by atoms with Crippen molar-refractivity contribution in [2.24, 2.45) is 0 Å². The minimum absolute atomic E-state index is 0.0778. The first-order valence-electron chi connectivity index (χ1n) is 11.2. The van der Waals surface area contributed by atoms with Gasteiger partial charge in [-0.2, -0.15) is 0 Å². The Bertz CT molecular complexity index is 1240. The van der Waals surface area contributed by atoms with Crippen LogP contribution in [0, 0.1) is 11.8 Å². The number of carbonyl (C=O) groups excluding carboxylic acids is 2. The Morgan fingerprint density at radius 2 is 1.78 bits per heavy atom. The molecule has 0 radical (unpaired) electrons. The molecule has 0 aliphatic rings. The van der Waals surface area contributed by atoms with E-state index in [1.165, 1.54) is 0 Å². The Hall–Kier alpha value is -4.20. The van der Waals surface area contributed by atoms with Gasteiger partial charge in [0.15, 0.2) is 5.82 Å². The maximum atomic E-state index is 12.3. The number of aromatic nitrogens is 2. The summed E-state index contributed by atoms with van der Waals surface area (Å²) in [6, 6.07) is 11.8. The van der Waals surface area contributed by atoms with E-state index in [0.717, 1.165) is 0 Å². The number of ether oxygens (including phenoxy) is 2. The van der Waals surface area contributed by atoms with Crippen LogP contribution in [0.25, 0.3) is 0 Å². The molecule has 2 aromatic heterocycles. The second kappa shape index (κ2) is 12.5. The predicted molar refractivity (Wildman–Crippen MR) is 136 cm³/mol. The van der Waals surface area contributed by atoms with Crippen LogP contribution in [0.1, 0.15) is 37.7 Å². The van der Waals surface area contributed by atoms with Crippen LogP contribution >= 0.6 is 0 Å². The van der Waals surface area contributed by atoms with Crippen LogP contribution in [0.4, 0.5) is 22.1 Å². The lowest BCUT2D eigenvalue weighted by molar-refractivity contribution is -0.121. The summed E-state index contributed by atoms with van der Waals surface area (Å²) in [6.07, 6.45) is 1.56. The molecule has 1 aromatic carbocycles. The highest BCUT2D eigenvalue weighted by atomic mass is 16.5. The summed E-state index contributed by atoms with van der Waals surface area (Å²) in [7, 11) is 1.56. The van der Waals surface area contributed by atoms with Gasteiger partial charge in [0.1, 0.15) is 18.2 Å². The van der Waals surface area contributed by atoms with Crippen molar-refractivity contribution >= 4 is 29.3 Å². The molecular weight excluding hydrogens is 462 g/mol. The highest BCUT2D eigenvalue weighted by Crippen LogP contribution is 2.24. The Labute approximate surface area is 209 Å². The highest BCUT2D eigenvalue weighted by Gasteiger charge is 2.20. The Balaban J connectivity index is 1.53. The quantitative estimate of drug-likeness (QED) is 0.321. The molecule has 0 unspecified atom stereocenters. The lowest BCUT2D eigenvalue weighted by atomic mass is 9.93. The molecule has 36 heavy (non-hydrogen) atoms. The van der Waals surface area contributed by atoms with Crippen LogP contribution in [0.5, 0.6) is 0 Å². The Morgan fingerprint density at radius 1 is 0.972 bits per heavy atom. The van der Waals surface area contributed by atoms with Gasteiger partial charge in [0.25, 0.3) is 5.91 Å². The van der Waals surface area contributed by atoms with Gasteiger partial charge < -0.3 is 24.6 Å². The van der Waals surface area contributed by atoms with E-state index in [1.54, 1.807) is 49.7 Å². The molecule has 0 bridgehead atoms. The zero-order valence-corrected chi connectivity index (χ0v) is 20.7. The minimum Gasteiger partial charge on any atom is -0.382 e. The summed E-state index contributed by atoms with van der Waals surface area (Å²) in [5, 5.41) is 11.9. The molecule has 0 saturated carbocycles. The van der Waals surface area contributed by atoms with E-state index in [1.807, 2.05) is 26.8 Å². The van der Waals surface area contributed by atoms with Gasteiger partial charge in [-0.1, -0.05) is 43.8 Å². The average molecular weight is 492 g/mol. The summed E-state index contributed by atoms with van der Waals surface area (Å²) in [5.41, 5.74) is 1.73. The number of hydrogen-bond donors (Lipinski definition) is 3. The van der Waals surface area contributed by atoms with E-state index < -0.39 is 6.03 Å². The summed E-state index contributed by atoms with van der Waals surface area (Å²) in [5.74, 6) is 7.15. The van der Waals surface area contributed by atoms with Crippen molar-refractivity contribution in [3.63, 3.8) is 0 Å². The van der Waals surface area contributed by atoms with E-state index in [9.17, 15) is 9.59 Å². The molecule has 3 N–H and O–H groups in total. The van der Waals surface area contributed by atoms with E-state index in [0.29, 0.717) is 47.4 Å².